The van der Waals surface area contributed by atoms with Gasteiger partial charge >= 0.3 is 0 Å². The van der Waals surface area contributed by atoms with Crippen molar-refractivity contribution in [2.24, 2.45) is 5.92 Å². The van der Waals surface area contributed by atoms with E-state index in [2.05, 4.69) is 20.6 Å². The topological polar surface area (TPSA) is 135 Å². The lowest BCUT2D eigenvalue weighted by Gasteiger charge is -2.27. The number of rotatable bonds is 6. The molecule has 212 valence electrons. The summed E-state index contributed by atoms with van der Waals surface area (Å²) in [5.41, 5.74) is 1.09. The van der Waals surface area contributed by atoms with Gasteiger partial charge in [0.2, 0.25) is 11.8 Å². The Morgan fingerprint density at radius 3 is 2.60 bits per heavy atom. The van der Waals surface area contributed by atoms with Crippen LogP contribution in [-0.4, -0.2) is 78.5 Å². The second kappa shape index (κ2) is 14.0. The van der Waals surface area contributed by atoms with E-state index in [0.29, 0.717) is 44.1 Å². The Balaban J connectivity index is 1.73. The highest BCUT2D eigenvalue weighted by Crippen LogP contribution is 2.25. The average molecular weight is 565 g/mol. The fourth-order valence-corrected chi connectivity index (χ4v) is 5.02. The van der Waals surface area contributed by atoms with Crippen molar-refractivity contribution in [3.8, 4) is 11.4 Å². The molecular formula is C28H36N8O3S. The monoisotopic (exact) mass is 564 g/mol. The molecule has 1 aromatic carbocycles. The number of carbonyl (C=O) groups is 3. The van der Waals surface area contributed by atoms with Crippen LogP contribution in [-0.2, 0) is 16.1 Å². The molecule has 0 fully saturated rings. The van der Waals surface area contributed by atoms with Crippen molar-refractivity contribution >= 4 is 29.5 Å². The van der Waals surface area contributed by atoms with Crippen molar-refractivity contribution < 1.29 is 14.4 Å². The predicted molar refractivity (Wildman–Crippen MR) is 153 cm³/mol. The van der Waals surface area contributed by atoms with Crippen LogP contribution in [0.15, 0.2) is 48.9 Å². The number of nitrogens with one attached hydrogen (secondary N) is 2. The van der Waals surface area contributed by atoms with E-state index in [-0.39, 0.29) is 35.8 Å². The third-order valence-corrected chi connectivity index (χ3v) is 7.36. The minimum Gasteiger partial charge on any atom is -0.344 e. The molecule has 12 heteroatoms. The van der Waals surface area contributed by atoms with Gasteiger partial charge in [-0.2, -0.15) is 16.9 Å². The largest absolute Gasteiger partial charge is 0.344 e. The second-order valence-corrected chi connectivity index (χ2v) is 11.0. The number of thioether (sulfide) groups is 1. The number of amides is 3. The average Bonchev–Trinajstić information content (AvgIpc) is 3.39. The SMILES string of the molecule is CSCC[C@@H]1NC(=O)CCCN(C(=O)c2cnccn2)CCn2nc(-c3ccccc3)nc2[C@@H](C(C)C)NC1=O. The lowest BCUT2D eigenvalue weighted by atomic mass is 10.0. The molecule has 0 bridgehead atoms. The van der Waals surface area contributed by atoms with Crippen LogP contribution in [0, 0.1) is 5.92 Å². The number of hydrogen-bond acceptors (Lipinski definition) is 8. The molecule has 0 saturated carbocycles. The highest BCUT2D eigenvalue weighted by Gasteiger charge is 2.30. The van der Waals surface area contributed by atoms with Crippen LogP contribution in [0.1, 0.15) is 55.5 Å². The maximum absolute atomic E-state index is 13.5. The standard InChI is InChI=1S/C28H36N8O3S/c1-19(2)24-26-33-25(20-8-5-4-6-9-20)34-36(26)16-15-35(28(39)22-18-29-12-13-30-22)14-7-10-23(37)31-21(11-17-40-3)27(38)32-24/h4-6,8-9,12-13,18-19,21,24H,7,10-11,14-17H2,1-3H3,(H,31,37)(H,32,38)/t21-,24+/m0/s1. The Morgan fingerprint density at radius 1 is 1.10 bits per heavy atom. The van der Waals surface area contributed by atoms with Crippen molar-refractivity contribution in [3.05, 3.63) is 60.4 Å². The molecule has 1 aliphatic heterocycles. The van der Waals surface area contributed by atoms with Crippen LogP contribution in [0.25, 0.3) is 11.4 Å². The summed E-state index contributed by atoms with van der Waals surface area (Å²) >= 11 is 1.62. The van der Waals surface area contributed by atoms with Crippen molar-refractivity contribution in [3.63, 3.8) is 0 Å². The fourth-order valence-electron chi connectivity index (χ4n) is 4.54. The lowest BCUT2D eigenvalue weighted by molar-refractivity contribution is -0.129. The van der Waals surface area contributed by atoms with Crippen molar-refractivity contribution in [2.75, 3.05) is 25.1 Å². The number of hydrogen-bond donors (Lipinski definition) is 2. The Bertz CT molecular complexity index is 1290. The number of aromatic nitrogens is 5. The minimum absolute atomic E-state index is 0.0161. The number of fused-ring (bicyclic) bond motifs is 1. The molecule has 1 aliphatic rings. The zero-order valence-electron chi connectivity index (χ0n) is 23.1. The van der Waals surface area contributed by atoms with Gasteiger partial charge in [-0.3, -0.25) is 19.4 Å². The van der Waals surface area contributed by atoms with Gasteiger partial charge in [-0.05, 0) is 30.8 Å². The third-order valence-electron chi connectivity index (χ3n) is 6.72. The Hall–Kier alpha value is -3.80. The van der Waals surface area contributed by atoms with E-state index in [1.165, 1.54) is 18.6 Å². The summed E-state index contributed by atoms with van der Waals surface area (Å²) < 4.78 is 1.78. The van der Waals surface area contributed by atoms with Gasteiger partial charge in [-0.1, -0.05) is 44.2 Å². The summed E-state index contributed by atoms with van der Waals surface area (Å²) in [6.45, 7) is 5.02. The molecule has 0 radical (unpaired) electrons. The Kier molecular flexibility index (Phi) is 10.2. The molecule has 3 aromatic rings. The van der Waals surface area contributed by atoms with Gasteiger partial charge in [0.15, 0.2) is 11.6 Å². The molecular weight excluding hydrogens is 528 g/mol. The van der Waals surface area contributed by atoms with Gasteiger partial charge in [0.25, 0.3) is 5.91 Å². The number of benzene rings is 1. The van der Waals surface area contributed by atoms with Gasteiger partial charge in [0.05, 0.1) is 18.8 Å². The zero-order chi connectivity index (χ0) is 28.5. The van der Waals surface area contributed by atoms with Crippen molar-refractivity contribution in [1.82, 2.24) is 40.3 Å². The first-order valence-corrected chi connectivity index (χ1v) is 14.9. The molecule has 0 unspecified atom stereocenters. The number of carbonyl (C=O) groups excluding carboxylic acids is 3. The predicted octanol–water partition coefficient (Wildman–Crippen LogP) is 2.72. The van der Waals surface area contributed by atoms with Crippen molar-refractivity contribution in [1.29, 1.82) is 0 Å². The van der Waals surface area contributed by atoms with Crippen LogP contribution in [0.4, 0.5) is 0 Å². The molecule has 0 aliphatic carbocycles. The molecule has 4 rings (SSSR count). The molecule has 11 nitrogen and oxygen atoms in total. The van der Waals surface area contributed by atoms with E-state index >= 15 is 0 Å². The normalized spacial score (nSPS) is 18.9. The van der Waals surface area contributed by atoms with Crippen LogP contribution in [0.2, 0.25) is 0 Å². The van der Waals surface area contributed by atoms with E-state index in [4.69, 9.17) is 10.1 Å². The van der Waals surface area contributed by atoms with Crippen molar-refractivity contribution in [2.45, 2.75) is 51.7 Å². The maximum Gasteiger partial charge on any atom is 0.274 e. The second-order valence-electron chi connectivity index (χ2n) is 10.0. The summed E-state index contributed by atoms with van der Waals surface area (Å²) in [6.07, 6.45) is 7.53. The maximum atomic E-state index is 13.5. The molecule has 0 saturated heterocycles. The molecule has 0 spiro atoms. The molecule has 3 amide bonds. The summed E-state index contributed by atoms with van der Waals surface area (Å²) in [6, 6.07) is 8.52. The van der Waals surface area contributed by atoms with Gasteiger partial charge < -0.3 is 15.5 Å². The first-order chi connectivity index (χ1) is 19.4. The van der Waals surface area contributed by atoms with Crippen LogP contribution < -0.4 is 10.6 Å². The fraction of sp³-hybridized carbons (Fsp3) is 0.464. The van der Waals surface area contributed by atoms with E-state index in [1.807, 2.05) is 50.4 Å². The molecule has 3 heterocycles. The van der Waals surface area contributed by atoms with E-state index in [9.17, 15) is 14.4 Å². The molecule has 2 N–H and O–H groups in total. The molecule has 40 heavy (non-hydrogen) atoms. The first-order valence-electron chi connectivity index (χ1n) is 13.5. The summed E-state index contributed by atoms with van der Waals surface area (Å²) in [5, 5.41) is 10.9. The summed E-state index contributed by atoms with van der Waals surface area (Å²) in [7, 11) is 0. The van der Waals surface area contributed by atoms with Gasteiger partial charge in [0, 0.05) is 37.5 Å². The quantitative estimate of drug-likeness (QED) is 0.467. The first kappa shape index (κ1) is 29.2. The van der Waals surface area contributed by atoms with E-state index in [0.717, 1.165) is 11.3 Å². The van der Waals surface area contributed by atoms with E-state index in [1.54, 1.807) is 21.3 Å². The highest BCUT2D eigenvalue weighted by molar-refractivity contribution is 7.98. The lowest BCUT2D eigenvalue weighted by Crippen LogP contribution is -2.49. The molecule has 2 aromatic heterocycles. The summed E-state index contributed by atoms with van der Waals surface area (Å²) in [5.74, 6) is 1.11. The van der Waals surface area contributed by atoms with Gasteiger partial charge in [-0.15, -0.1) is 0 Å². The van der Waals surface area contributed by atoms with E-state index < -0.39 is 12.1 Å². The number of nitrogens with zero attached hydrogens (tertiary/aromatic N) is 6. The van der Waals surface area contributed by atoms with Gasteiger partial charge in [-0.25, -0.2) is 14.6 Å². The van der Waals surface area contributed by atoms with Crippen LogP contribution >= 0.6 is 11.8 Å². The van der Waals surface area contributed by atoms with Crippen LogP contribution in [0.3, 0.4) is 0 Å². The third kappa shape index (κ3) is 7.44. The Morgan fingerprint density at radius 2 is 1.90 bits per heavy atom. The van der Waals surface area contributed by atoms with Crippen LogP contribution in [0.5, 0.6) is 0 Å². The minimum atomic E-state index is -0.675. The smallest absolute Gasteiger partial charge is 0.274 e. The zero-order valence-corrected chi connectivity index (χ0v) is 23.9. The Labute approximate surface area is 238 Å². The highest BCUT2D eigenvalue weighted by atomic mass is 32.2. The summed E-state index contributed by atoms with van der Waals surface area (Å²) in [4.78, 5) is 54.4. The molecule has 2 atom stereocenters. The van der Waals surface area contributed by atoms with Gasteiger partial charge in [0.1, 0.15) is 11.7 Å².